The zero-order valence-electron chi connectivity index (χ0n) is 8.35. The first-order valence-electron chi connectivity index (χ1n) is 4.10. The molecule has 0 aromatic carbocycles. The molecule has 0 aliphatic heterocycles. The zero-order chi connectivity index (χ0) is 9.99. The number of hydrogen-bond donors (Lipinski definition) is 2. The van der Waals surface area contributed by atoms with Crippen LogP contribution >= 0.6 is 0 Å². The Morgan fingerprint density at radius 2 is 1.83 bits per heavy atom. The molecule has 2 unspecified atom stereocenters. The smallest absolute Gasteiger partial charge is 0.132 e. The van der Waals surface area contributed by atoms with Crippen LogP contribution in [0.15, 0.2) is 12.7 Å². The van der Waals surface area contributed by atoms with Crippen molar-refractivity contribution >= 4 is 0 Å². The quantitative estimate of drug-likeness (QED) is 0.496. The van der Waals surface area contributed by atoms with E-state index in [0.29, 0.717) is 6.42 Å². The van der Waals surface area contributed by atoms with Gasteiger partial charge in [-0.05, 0) is 6.92 Å². The molecule has 0 aliphatic carbocycles. The molecule has 0 radical (unpaired) electrons. The van der Waals surface area contributed by atoms with E-state index < -0.39 is 10.8 Å². The summed E-state index contributed by atoms with van der Waals surface area (Å²) < 4.78 is 0. The van der Waals surface area contributed by atoms with Crippen molar-refractivity contribution in [2.45, 2.75) is 39.7 Å². The van der Waals surface area contributed by atoms with Gasteiger partial charge < -0.3 is 5.21 Å². The lowest BCUT2D eigenvalue weighted by Crippen LogP contribution is -3.15. The molecule has 0 heterocycles. The Labute approximate surface area is 74.2 Å². The van der Waals surface area contributed by atoms with Crippen LogP contribution in [0.2, 0.25) is 0 Å². The van der Waals surface area contributed by atoms with E-state index in [2.05, 4.69) is 6.58 Å². The maximum Gasteiger partial charge on any atom is 0.132 e. The third-order valence-corrected chi connectivity index (χ3v) is 2.68. The van der Waals surface area contributed by atoms with Crippen molar-refractivity contribution in [3.8, 4) is 0 Å². The van der Waals surface area contributed by atoms with Crippen LogP contribution in [0, 0.1) is 10.6 Å². The monoisotopic (exact) mass is 173 g/mol. The minimum Gasteiger partial charge on any atom is -0.600 e. The lowest BCUT2D eigenvalue weighted by molar-refractivity contribution is -1.09. The first-order valence-corrected chi connectivity index (χ1v) is 4.10. The summed E-state index contributed by atoms with van der Waals surface area (Å²) in [6, 6.07) is 0. The lowest BCUT2D eigenvalue weighted by Gasteiger charge is -2.44. The molecule has 3 heteroatoms. The van der Waals surface area contributed by atoms with E-state index in [4.69, 9.17) is 5.21 Å². The van der Waals surface area contributed by atoms with Crippen LogP contribution in [0.4, 0.5) is 0 Å². The van der Waals surface area contributed by atoms with Gasteiger partial charge in [0.05, 0.1) is 0 Å². The fourth-order valence-corrected chi connectivity index (χ4v) is 1.00. The van der Waals surface area contributed by atoms with Crippen molar-refractivity contribution in [1.29, 1.82) is 0 Å². The highest BCUT2D eigenvalue weighted by Gasteiger charge is 2.42. The average Bonchev–Trinajstić information content (AvgIpc) is 1.85. The maximum atomic E-state index is 11.0. The third kappa shape index (κ3) is 2.06. The minimum atomic E-state index is -0.755. The van der Waals surface area contributed by atoms with Gasteiger partial charge in [0.2, 0.25) is 0 Å². The first kappa shape index (κ1) is 11.6. The molecule has 0 rings (SSSR count). The van der Waals surface area contributed by atoms with Crippen molar-refractivity contribution in [2.75, 3.05) is 0 Å². The normalized spacial score (nSPS) is 19.8. The number of hydroxylamine groups is 2. The molecular formula is C9H19NO2. The zero-order valence-corrected chi connectivity index (χ0v) is 8.35. The molecule has 0 aromatic rings. The van der Waals surface area contributed by atoms with E-state index in [9.17, 15) is 5.21 Å². The van der Waals surface area contributed by atoms with Crippen LogP contribution in [0.1, 0.15) is 34.1 Å². The number of rotatable bonds is 3. The molecule has 0 amide bonds. The van der Waals surface area contributed by atoms with Crippen LogP contribution < -0.4 is 5.23 Å². The topological polar surface area (TPSA) is 47.7 Å². The average molecular weight is 173 g/mol. The SMILES string of the molecule is C=CCC(C)([NH+]([O-])O)C(C)(C)C. The van der Waals surface area contributed by atoms with Gasteiger partial charge in [0.1, 0.15) is 5.54 Å². The molecule has 12 heavy (non-hydrogen) atoms. The molecular weight excluding hydrogens is 154 g/mol. The Morgan fingerprint density at radius 3 is 1.92 bits per heavy atom. The van der Waals surface area contributed by atoms with Crippen LogP contribution in [0.25, 0.3) is 0 Å². The molecule has 2 atom stereocenters. The van der Waals surface area contributed by atoms with Gasteiger partial charge in [-0.15, -0.1) is 6.58 Å². The van der Waals surface area contributed by atoms with Gasteiger partial charge >= 0.3 is 0 Å². The molecule has 2 N–H and O–H groups in total. The summed E-state index contributed by atoms with van der Waals surface area (Å²) >= 11 is 0. The van der Waals surface area contributed by atoms with Crippen molar-refractivity contribution in [3.63, 3.8) is 0 Å². The molecule has 0 saturated heterocycles. The Kier molecular flexibility index (Phi) is 3.45. The summed E-state index contributed by atoms with van der Waals surface area (Å²) in [6.45, 7) is 11.1. The standard InChI is InChI=1S/C9H19NO2/c1-6-7-9(5,10(11)12)8(2,3)4/h6,10-11H,1,7H2,2-5H3. The van der Waals surface area contributed by atoms with E-state index in [1.54, 1.807) is 13.0 Å². The summed E-state index contributed by atoms with van der Waals surface area (Å²) in [7, 11) is 0. The van der Waals surface area contributed by atoms with E-state index in [0.717, 1.165) is 0 Å². The van der Waals surface area contributed by atoms with Gasteiger partial charge in [0.15, 0.2) is 0 Å². The van der Waals surface area contributed by atoms with Gasteiger partial charge in [-0.1, -0.05) is 26.8 Å². The number of nitrogens with one attached hydrogen (secondary N) is 1. The molecule has 0 aliphatic rings. The van der Waals surface area contributed by atoms with Gasteiger partial charge in [-0.25, -0.2) is 10.4 Å². The molecule has 3 nitrogen and oxygen atoms in total. The van der Waals surface area contributed by atoms with Gasteiger partial charge in [-0.2, -0.15) is 0 Å². The third-order valence-electron chi connectivity index (χ3n) is 2.68. The summed E-state index contributed by atoms with van der Waals surface area (Å²) in [4.78, 5) is 0. The largest absolute Gasteiger partial charge is 0.600 e. The number of quaternary nitrogens is 1. The highest BCUT2D eigenvalue weighted by molar-refractivity contribution is 4.91. The van der Waals surface area contributed by atoms with E-state index in [1.165, 1.54) is 0 Å². The van der Waals surface area contributed by atoms with Crippen LogP contribution in [0.3, 0.4) is 0 Å². The second-order valence-electron chi connectivity index (χ2n) is 4.38. The number of hydrogen-bond acceptors (Lipinski definition) is 2. The fraction of sp³-hybridized carbons (Fsp3) is 0.778. The van der Waals surface area contributed by atoms with E-state index in [-0.39, 0.29) is 5.41 Å². The molecule has 72 valence electrons. The lowest BCUT2D eigenvalue weighted by atomic mass is 9.73. The fourth-order valence-electron chi connectivity index (χ4n) is 1.00. The Morgan fingerprint density at radius 1 is 1.42 bits per heavy atom. The summed E-state index contributed by atoms with van der Waals surface area (Å²) in [5.41, 5.74) is -0.957. The minimum absolute atomic E-state index is 0.243. The van der Waals surface area contributed by atoms with Crippen molar-refractivity contribution in [2.24, 2.45) is 5.41 Å². The van der Waals surface area contributed by atoms with E-state index in [1.807, 2.05) is 20.8 Å². The Bertz CT molecular complexity index is 160. The predicted octanol–water partition coefficient (Wildman–Crippen LogP) is 1.14. The Hall–Kier alpha value is -0.380. The summed E-state index contributed by atoms with van der Waals surface area (Å²) in [6.07, 6.45) is 2.17. The second kappa shape index (κ2) is 3.56. The summed E-state index contributed by atoms with van der Waals surface area (Å²) in [5.74, 6) is 0. The van der Waals surface area contributed by atoms with Gasteiger partial charge in [-0.3, -0.25) is 0 Å². The molecule has 0 spiro atoms. The summed E-state index contributed by atoms with van der Waals surface area (Å²) in [5, 5.41) is 19.3. The van der Waals surface area contributed by atoms with Crippen molar-refractivity contribution in [1.82, 2.24) is 0 Å². The van der Waals surface area contributed by atoms with Gasteiger partial charge in [0, 0.05) is 11.8 Å². The maximum absolute atomic E-state index is 11.0. The van der Waals surface area contributed by atoms with Crippen LogP contribution in [0.5, 0.6) is 0 Å². The predicted molar refractivity (Wildman–Crippen MR) is 48.8 cm³/mol. The second-order valence-corrected chi connectivity index (χ2v) is 4.38. The first-order chi connectivity index (χ1) is 5.25. The van der Waals surface area contributed by atoms with Gasteiger partial charge in [0.25, 0.3) is 0 Å². The van der Waals surface area contributed by atoms with Crippen molar-refractivity contribution < 1.29 is 10.4 Å². The Balaban J connectivity index is 4.73. The van der Waals surface area contributed by atoms with Crippen molar-refractivity contribution in [3.05, 3.63) is 17.9 Å². The molecule has 0 aromatic heterocycles. The molecule has 0 fully saturated rings. The van der Waals surface area contributed by atoms with Crippen LogP contribution in [-0.4, -0.2) is 10.7 Å². The highest BCUT2D eigenvalue weighted by atomic mass is 16.8. The highest BCUT2D eigenvalue weighted by Crippen LogP contribution is 2.30. The molecule has 0 saturated carbocycles. The van der Waals surface area contributed by atoms with E-state index >= 15 is 0 Å². The molecule has 0 bridgehead atoms. The van der Waals surface area contributed by atoms with Crippen LogP contribution in [-0.2, 0) is 0 Å².